The molecule has 0 radical (unpaired) electrons. The highest BCUT2D eigenvalue weighted by molar-refractivity contribution is 6.33. The first-order valence-electron chi connectivity index (χ1n) is 10.0. The maximum absolute atomic E-state index is 14.2. The molecule has 0 bridgehead atoms. The largest absolute Gasteiger partial charge is 0.435 e. The number of rotatable bonds is 6. The van der Waals surface area contributed by atoms with E-state index in [0.717, 1.165) is 6.07 Å². The predicted molar refractivity (Wildman–Crippen MR) is 115 cm³/mol. The molecule has 202 valence electrons. The minimum absolute atomic E-state index is 0.0272. The van der Waals surface area contributed by atoms with E-state index < -0.39 is 65.4 Å². The van der Waals surface area contributed by atoms with Crippen molar-refractivity contribution in [3.63, 3.8) is 0 Å². The van der Waals surface area contributed by atoms with Crippen LogP contribution in [-0.2, 0) is 21.4 Å². The SMILES string of the molecule is O=C(CCC(F)(F)F)NNc1cc(C2=NO[C@](c3cc(Cl)cc(C(F)(F)F)c3)(C(F)(F)F)C2)ccc1Cl. The van der Waals surface area contributed by atoms with E-state index in [1.54, 1.807) is 0 Å². The molecule has 0 saturated carbocycles. The molecule has 2 aromatic rings. The molecule has 1 atom stereocenters. The van der Waals surface area contributed by atoms with E-state index >= 15 is 0 Å². The number of nitrogens with one attached hydrogen (secondary N) is 2. The molecule has 1 amide bonds. The fraction of sp³-hybridized carbons (Fsp3) is 0.333. The van der Waals surface area contributed by atoms with E-state index in [1.807, 2.05) is 5.43 Å². The smallest absolute Gasteiger partial charge is 0.374 e. The van der Waals surface area contributed by atoms with Crippen molar-refractivity contribution in [1.82, 2.24) is 5.43 Å². The van der Waals surface area contributed by atoms with Gasteiger partial charge in [-0.3, -0.25) is 15.6 Å². The van der Waals surface area contributed by atoms with E-state index in [1.165, 1.54) is 12.1 Å². The first-order chi connectivity index (χ1) is 16.9. The number of oxime groups is 1. The normalized spacial score (nSPS) is 18.3. The number of hydrogen-bond acceptors (Lipinski definition) is 4. The number of hydrazine groups is 1. The Bertz CT molecular complexity index is 1210. The zero-order valence-corrected chi connectivity index (χ0v) is 19.5. The summed E-state index contributed by atoms with van der Waals surface area (Å²) in [7, 11) is 0. The summed E-state index contributed by atoms with van der Waals surface area (Å²) in [6, 6.07) is 4.97. The Balaban J connectivity index is 1.87. The van der Waals surface area contributed by atoms with Crippen LogP contribution < -0.4 is 10.9 Å². The quantitative estimate of drug-likeness (QED) is 0.276. The lowest BCUT2D eigenvalue weighted by atomic mass is 9.85. The molecule has 0 fully saturated rings. The zero-order valence-electron chi connectivity index (χ0n) is 18.0. The lowest BCUT2D eigenvalue weighted by Crippen LogP contribution is -2.43. The lowest BCUT2D eigenvalue weighted by Gasteiger charge is -2.30. The molecule has 1 aliphatic rings. The van der Waals surface area contributed by atoms with Gasteiger partial charge in [-0.25, -0.2) is 0 Å². The van der Waals surface area contributed by atoms with E-state index in [0.29, 0.717) is 12.1 Å². The van der Waals surface area contributed by atoms with Crippen LogP contribution in [0.25, 0.3) is 0 Å². The fourth-order valence-corrected chi connectivity index (χ4v) is 3.70. The standard InChI is InChI=1S/C21H14Cl2F9N3O2/c22-13-7-11(6-12(8-13)20(27,28)29)18(21(30,31)32)9-16(35-37-18)10-1-2-14(23)15(5-10)33-34-17(36)3-4-19(24,25)26/h1-2,5-8,33H,3-4,9H2,(H,34,36)/t18-/m1/s1. The minimum atomic E-state index is -5.23. The summed E-state index contributed by atoms with van der Waals surface area (Å²) in [5.41, 5.74) is -1.87. The molecule has 1 heterocycles. The highest BCUT2D eigenvalue weighted by Crippen LogP contribution is 2.50. The van der Waals surface area contributed by atoms with E-state index in [-0.39, 0.29) is 28.1 Å². The van der Waals surface area contributed by atoms with Gasteiger partial charge >= 0.3 is 18.5 Å². The van der Waals surface area contributed by atoms with Gasteiger partial charge < -0.3 is 4.84 Å². The van der Waals surface area contributed by atoms with Gasteiger partial charge in [0.15, 0.2) is 0 Å². The molecule has 0 unspecified atom stereocenters. The molecule has 2 aromatic carbocycles. The van der Waals surface area contributed by atoms with Crippen molar-refractivity contribution in [2.45, 2.75) is 43.4 Å². The highest BCUT2D eigenvalue weighted by Gasteiger charge is 2.62. The van der Waals surface area contributed by atoms with E-state index in [4.69, 9.17) is 28.0 Å². The van der Waals surface area contributed by atoms with Crippen LogP contribution in [-0.4, -0.2) is 24.0 Å². The van der Waals surface area contributed by atoms with Crippen LogP contribution in [0.5, 0.6) is 0 Å². The summed E-state index contributed by atoms with van der Waals surface area (Å²) in [5, 5.41) is 2.77. The number of hydrogen-bond donors (Lipinski definition) is 2. The third-order valence-electron chi connectivity index (χ3n) is 5.15. The number of benzene rings is 2. The summed E-state index contributed by atoms with van der Waals surface area (Å²) in [6.07, 6.45) is -18.1. The van der Waals surface area contributed by atoms with Gasteiger partial charge in [0.1, 0.15) is 0 Å². The molecule has 3 rings (SSSR count). The average molecular weight is 582 g/mol. The van der Waals surface area contributed by atoms with Gasteiger partial charge in [0.2, 0.25) is 5.91 Å². The van der Waals surface area contributed by atoms with Crippen molar-refractivity contribution in [2.75, 3.05) is 5.43 Å². The summed E-state index contributed by atoms with van der Waals surface area (Å²) in [6.45, 7) is 0. The Morgan fingerprint density at radius 1 is 1.00 bits per heavy atom. The molecule has 0 spiro atoms. The number of amides is 1. The van der Waals surface area contributed by atoms with Crippen LogP contribution in [0, 0.1) is 0 Å². The first kappa shape index (κ1) is 28.7. The molecule has 5 nitrogen and oxygen atoms in total. The average Bonchev–Trinajstić information content (AvgIpc) is 3.23. The molecular weight excluding hydrogens is 568 g/mol. The molecular formula is C21H14Cl2F9N3O2. The molecule has 0 aliphatic carbocycles. The Morgan fingerprint density at radius 3 is 2.27 bits per heavy atom. The summed E-state index contributed by atoms with van der Waals surface area (Å²) in [5.74, 6) is -1.04. The van der Waals surface area contributed by atoms with Crippen LogP contribution in [0.3, 0.4) is 0 Å². The number of alkyl halides is 9. The number of carbonyl (C=O) groups excluding carboxylic acids is 1. The van der Waals surface area contributed by atoms with Gasteiger partial charge in [-0.05, 0) is 30.3 Å². The van der Waals surface area contributed by atoms with Crippen LogP contribution in [0.1, 0.15) is 36.0 Å². The van der Waals surface area contributed by atoms with Crippen LogP contribution in [0.15, 0.2) is 41.6 Å². The monoisotopic (exact) mass is 581 g/mol. The van der Waals surface area contributed by atoms with Gasteiger partial charge in [0, 0.05) is 29.0 Å². The zero-order chi connectivity index (χ0) is 27.8. The lowest BCUT2D eigenvalue weighted by molar-refractivity contribution is -0.276. The van der Waals surface area contributed by atoms with Crippen LogP contribution in [0.4, 0.5) is 45.2 Å². The summed E-state index contributed by atoms with van der Waals surface area (Å²) >= 11 is 11.6. The van der Waals surface area contributed by atoms with Crippen molar-refractivity contribution in [1.29, 1.82) is 0 Å². The van der Waals surface area contributed by atoms with Gasteiger partial charge in [0.25, 0.3) is 5.60 Å². The topological polar surface area (TPSA) is 62.7 Å². The van der Waals surface area contributed by atoms with Crippen LogP contribution in [0.2, 0.25) is 10.0 Å². The second-order valence-electron chi connectivity index (χ2n) is 7.84. The number of anilines is 1. The summed E-state index contributed by atoms with van der Waals surface area (Å²) in [4.78, 5) is 16.3. The molecule has 1 aliphatic heterocycles. The predicted octanol–water partition coefficient (Wildman–Crippen LogP) is 7.38. The van der Waals surface area contributed by atoms with E-state index in [9.17, 15) is 44.3 Å². The Morgan fingerprint density at radius 2 is 1.68 bits per heavy atom. The molecule has 0 aromatic heterocycles. The second kappa shape index (κ2) is 10.1. The van der Waals surface area contributed by atoms with Gasteiger partial charge in [-0.15, -0.1) is 0 Å². The third-order valence-corrected chi connectivity index (χ3v) is 5.70. The highest BCUT2D eigenvalue weighted by atomic mass is 35.5. The maximum atomic E-state index is 14.2. The van der Waals surface area contributed by atoms with Crippen molar-refractivity contribution in [2.24, 2.45) is 5.16 Å². The Kier molecular flexibility index (Phi) is 7.85. The van der Waals surface area contributed by atoms with Gasteiger partial charge in [-0.2, -0.15) is 39.5 Å². The van der Waals surface area contributed by atoms with Crippen molar-refractivity contribution >= 4 is 40.5 Å². The number of nitrogens with zero attached hydrogens (tertiary/aromatic N) is 1. The molecule has 0 saturated heterocycles. The molecule has 37 heavy (non-hydrogen) atoms. The maximum Gasteiger partial charge on any atom is 0.435 e. The minimum Gasteiger partial charge on any atom is -0.374 e. The van der Waals surface area contributed by atoms with Gasteiger partial charge in [-0.1, -0.05) is 34.4 Å². The molecule has 2 N–H and O–H groups in total. The van der Waals surface area contributed by atoms with Crippen LogP contribution >= 0.6 is 23.2 Å². The fourth-order valence-electron chi connectivity index (χ4n) is 3.30. The Labute approximate surface area is 212 Å². The number of carbonyl (C=O) groups is 1. The van der Waals surface area contributed by atoms with Crippen molar-refractivity contribution in [3.8, 4) is 0 Å². The van der Waals surface area contributed by atoms with Crippen molar-refractivity contribution < 1.29 is 49.1 Å². The Hall–Kier alpha value is -2.87. The molecule has 16 heteroatoms. The first-order valence-corrected chi connectivity index (χ1v) is 10.8. The van der Waals surface area contributed by atoms with E-state index in [2.05, 4.69) is 10.6 Å². The summed E-state index contributed by atoms with van der Waals surface area (Å²) < 4.78 is 119. The number of halogens is 11. The third kappa shape index (κ3) is 6.72. The second-order valence-corrected chi connectivity index (χ2v) is 8.68. The van der Waals surface area contributed by atoms with Crippen molar-refractivity contribution in [3.05, 3.63) is 63.1 Å². The van der Waals surface area contributed by atoms with Gasteiger partial charge in [0.05, 0.1) is 28.4 Å².